The van der Waals surface area contributed by atoms with Crippen molar-refractivity contribution in [2.24, 2.45) is 0 Å². The average Bonchev–Trinajstić information content (AvgIpc) is 2.63. The first-order valence-corrected chi connectivity index (χ1v) is 9.12. The predicted octanol–water partition coefficient (Wildman–Crippen LogP) is 4.13. The van der Waals surface area contributed by atoms with E-state index in [1.807, 2.05) is 19.2 Å². The third kappa shape index (κ3) is 4.19. The lowest BCUT2D eigenvalue weighted by molar-refractivity contribution is -0.126. The molecule has 0 aliphatic heterocycles. The van der Waals surface area contributed by atoms with Crippen LogP contribution >= 0.6 is 0 Å². The summed E-state index contributed by atoms with van der Waals surface area (Å²) in [5.41, 5.74) is 3.95. The zero-order valence-electron chi connectivity index (χ0n) is 15.1. The van der Waals surface area contributed by atoms with E-state index in [9.17, 15) is 4.79 Å². The molecule has 0 bridgehead atoms. The smallest absolute Gasteiger partial charge is 0.245 e. The van der Waals surface area contributed by atoms with Crippen LogP contribution in [0.1, 0.15) is 48.8 Å². The number of nitrogens with one attached hydrogen (secondary N) is 2. The van der Waals surface area contributed by atoms with Crippen molar-refractivity contribution >= 4 is 11.6 Å². The second-order valence-corrected chi connectivity index (χ2v) is 7.12. The van der Waals surface area contributed by atoms with Gasteiger partial charge in [-0.1, -0.05) is 37.0 Å². The molecule has 0 unspecified atom stereocenters. The van der Waals surface area contributed by atoms with Crippen LogP contribution in [0, 0.1) is 13.8 Å². The van der Waals surface area contributed by atoms with Gasteiger partial charge < -0.3 is 10.6 Å². The summed E-state index contributed by atoms with van der Waals surface area (Å²) in [5, 5.41) is 6.70. The lowest BCUT2D eigenvalue weighted by Crippen LogP contribution is -2.53. The standard InChI is InChI=1S/C21H27N3O/c1-16-6-8-19(9-7-16)24-21(11-4-3-5-12-21)20(25)23-15-18-10-13-22-14-17(18)2/h6-10,13-14,24H,3-5,11-12,15H2,1-2H3,(H,23,25). The molecular weight excluding hydrogens is 310 g/mol. The Morgan fingerprint density at radius 2 is 1.80 bits per heavy atom. The number of carbonyl (C=O) groups is 1. The number of amides is 1. The minimum absolute atomic E-state index is 0.101. The van der Waals surface area contributed by atoms with Crippen molar-refractivity contribution < 1.29 is 4.79 Å². The summed E-state index contributed by atoms with van der Waals surface area (Å²) in [4.78, 5) is 17.2. The van der Waals surface area contributed by atoms with E-state index in [1.54, 1.807) is 6.20 Å². The molecule has 4 heteroatoms. The number of benzene rings is 1. The van der Waals surface area contributed by atoms with Gasteiger partial charge in [0.25, 0.3) is 0 Å². The van der Waals surface area contributed by atoms with Crippen LogP contribution in [0.25, 0.3) is 0 Å². The Morgan fingerprint density at radius 3 is 2.48 bits per heavy atom. The Hall–Kier alpha value is -2.36. The van der Waals surface area contributed by atoms with Crippen LogP contribution in [0.3, 0.4) is 0 Å². The van der Waals surface area contributed by atoms with Crippen LogP contribution in [-0.4, -0.2) is 16.4 Å². The van der Waals surface area contributed by atoms with E-state index in [0.29, 0.717) is 6.54 Å². The van der Waals surface area contributed by atoms with Crippen molar-refractivity contribution in [1.82, 2.24) is 10.3 Å². The van der Waals surface area contributed by atoms with E-state index in [0.717, 1.165) is 42.5 Å². The molecule has 1 aromatic heterocycles. The van der Waals surface area contributed by atoms with Gasteiger partial charge >= 0.3 is 0 Å². The SMILES string of the molecule is Cc1ccc(NC2(C(=O)NCc3ccncc3C)CCCCC2)cc1. The van der Waals surface area contributed by atoms with Gasteiger partial charge in [0.1, 0.15) is 5.54 Å². The topological polar surface area (TPSA) is 54.0 Å². The molecule has 2 aromatic rings. The highest BCUT2D eigenvalue weighted by atomic mass is 16.2. The van der Waals surface area contributed by atoms with Gasteiger partial charge in [0.15, 0.2) is 0 Å². The van der Waals surface area contributed by atoms with Gasteiger partial charge in [0.05, 0.1) is 0 Å². The van der Waals surface area contributed by atoms with Gasteiger partial charge in [-0.3, -0.25) is 9.78 Å². The zero-order chi connectivity index (χ0) is 17.7. The van der Waals surface area contributed by atoms with E-state index >= 15 is 0 Å². The van der Waals surface area contributed by atoms with E-state index in [2.05, 4.69) is 46.8 Å². The quantitative estimate of drug-likeness (QED) is 0.862. The summed E-state index contributed by atoms with van der Waals surface area (Å²) in [6.07, 6.45) is 8.73. The fourth-order valence-electron chi connectivity index (χ4n) is 3.52. The number of rotatable bonds is 5. The molecule has 1 aromatic carbocycles. The van der Waals surface area contributed by atoms with Gasteiger partial charge in [0.2, 0.25) is 5.91 Å². The molecule has 0 atom stereocenters. The number of anilines is 1. The Morgan fingerprint density at radius 1 is 1.08 bits per heavy atom. The normalized spacial score (nSPS) is 16.2. The minimum atomic E-state index is -0.506. The summed E-state index contributed by atoms with van der Waals surface area (Å²) in [6.45, 7) is 4.64. The number of aryl methyl sites for hydroxylation is 2. The van der Waals surface area contributed by atoms with Crippen LogP contribution in [0.15, 0.2) is 42.7 Å². The molecule has 0 spiro atoms. The molecule has 132 valence electrons. The monoisotopic (exact) mass is 337 g/mol. The van der Waals surface area contributed by atoms with Crippen molar-refractivity contribution in [2.75, 3.05) is 5.32 Å². The number of pyridine rings is 1. The second kappa shape index (κ2) is 7.68. The highest BCUT2D eigenvalue weighted by molar-refractivity contribution is 5.89. The molecule has 1 aliphatic carbocycles. The maximum absolute atomic E-state index is 13.1. The Kier molecular flexibility index (Phi) is 5.37. The maximum atomic E-state index is 13.1. The average molecular weight is 337 g/mol. The first-order valence-electron chi connectivity index (χ1n) is 9.12. The molecule has 1 heterocycles. The molecule has 4 nitrogen and oxygen atoms in total. The Labute approximate surface area is 150 Å². The molecule has 1 fully saturated rings. The van der Waals surface area contributed by atoms with Crippen LogP contribution in [0.4, 0.5) is 5.69 Å². The summed E-state index contributed by atoms with van der Waals surface area (Å²) in [7, 11) is 0. The zero-order valence-corrected chi connectivity index (χ0v) is 15.1. The lowest BCUT2D eigenvalue weighted by atomic mass is 9.80. The summed E-state index contributed by atoms with van der Waals surface area (Å²) in [6, 6.07) is 10.3. The number of hydrogen-bond acceptors (Lipinski definition) is 3. The largest absolute Gasteiger partial charge is 0.371 e. The highest BCUT2D eigenvalue weighted by Crippen LogP contribution is 2.32. The molecule has 1 amide bonds. The van der Waals surface area contributed by atoms with Crippen LogP contribution in [0.2, 0.25) is 0 Å². The predicted molar refractivity (Wildman–Crippen MR) is 101 cm³/mol. The maximum Gasteiger partial charge on any atom is 0.245 e. The lowest BCUT2D eigenvalue weighted by Gasteiger charge is -2.37. The Balaban J connectivity index is 1.73. The fraction of sp³-hybridized carbons (Fsp3) is 0.429. The third-order valence-electron chi connectivity index (χ3n) is 5.15. The highest BCUT2D eigenvalue weighted by Gasteiger charge is 2.39. The molecule has 3 rings (SSSR count). The van der Waals surface area contributed by atoms with Crippen molar-refractivity contribution in [2.45, 2.75) is 58.0 Å². The number of hydrogen-bond donors (Lipinski definition) is 2. The van der Waals surface area contributed by atoms with E-state index < -0.39 is 5.54 Å². The summed E-state index contributed by atoms with van der Waals surface area (Å²) >= 11 is 0. The van der Waals surface area contributed by atoms with Crippen molar-refractivity contribution in [3.63, 3.8) is 0 Å². The third-order valence-corrected chi connectivity index (χ3v) is 5.15. The van der Waals surface area contributed by atoms with Crippen molar-refractivity contribution in [1.29, 1.82) is 0 Å². The molecule has 1 saturated carbocycles. The summed E-state index contributed by atoms with van der Waals surface area (Å²) in [5.74, 6) is 0.101. The van der Waals surface area contributed by atoms with Gasteiger partial charge in [-0.05, 0) is 56.0 Å². The van der Waals surface area contributed by atoms with E-state index in [1.165, 1.54) is 12.0 Å². The number of carbonyl (C=O) groups excluding carboxylic acids is 1. The minimum Gasteiger partial charge on any atom is -0.371 e. The molecule has 25 heavy (non-hydrogen) atoms. The van der Waals surface area contributed by atoms with Crippen LogP contribution < -0.4 is 10.6 Å². The van der Waals surface area contributed by atoms with Crippen molar-refractivity contribution in [3.8, 4) is 0 Å². The van der Waals surface area contributed by atoms with Crippen LogP contribution in [-0.2, 0) is 11.3 Å². The molecular formula is C21H27N3O. The van der Waals surface area contributed by atoms with Crippen molar-refractivity contribution in [3.05, 3.63) is 59.4 Å². The van der Waals surface area contributed by atoms with E-state index in [4.69, 9.17) is 0 Å². The van der Waals surface area contributed by atoms with E-state index in [-0.39, 0.29) is 5.91 Å². The molecule has 2 N–H and O–H groups in total. The van der Waals surface area contributed by atoms with Crippen LogP contribution in [0.5, 0.6) is 0 Å². The van der Waals surface area contributed by atoms with Gasteiger partial charge in [-0.25, -0.2) is 0 Å². The Bertz CT molecular complexity index is 718. The number of aromatic nitrogens is 1. The van der Waals surface area contributed by atoms with Gasteiger partial charge in [-0.15, -0.1) is 0 Å². The molecule has 0 saturated heterocycles. The second-order valence-electron chi connectivity index (χ2n) is 7.12. The number of nitrogens with zero attached hydrogens (tertiary/aromatic N) is 1. The molecule has 1 aliphatic rings. The molecule has 0 radical (unpaired) electrons. The van der Waals surface area contributed by atoms with Gasteiger partial charge in [0, 0.05) is 24.6 Å². The van der Waals surface area contributed by atoms with Gasteiger partial charge in [-0.2, -0.15) is 0 Å². The summed E-state index contributed by atoms with van der Waals surface area (Å²) < 4.78 is 0. The first-order chi connectivity index (χ1) is 12.1. The first kappa shape index (κ1) is 17.5. The fourth-order valence-corrected chi connectivity index (χ4v) is 3.52.